The Labute approximate surface area is 132 Å². The molecule has 3 nitrogen and oxygen atoms in total. The Morgan fingerprint density at radius 1 is 1.09 bits per heavy atom. The van der Waals surface area contributed by atoms with Crippen molar-refractivity contribution in [3.63, 3.8) is 0 Å². The summed E-state index contributed by atoms with van der Waals surface area (Å²) in [4.78, 5) is 0.766. The number of hydrogen-bond donors (Lipinski definition) is 1. The largest absolute Gasteiger partial charge is 0.313 e. The lowest BCUT2D eigenvalue weighted by atomic mass is 9.88. The molecule has 22 heavy (non-hydrogen) atoms. The summed E-state index contributed by atoms with van der Waals surface area (Å²) in [6.07, 6.45) is 3.14. The fourth-order valence-electron chi connectivity index (χ4n) is 3.18. The zero-order valence-corrected chi connectivity index (χ0v) is 13.8. The van der Waals surface area contributed by atoms with Crippen LogP contribution in [-0.4, -0.2) is 15.5 Å². The van der Waals surface area contributed by atoms with Gasteiger partial charge in [0, 0.05) is 6.04 Å². The summed E-state index contributed by atoms with van der Waals surface area (Å²) in [7, 11) is -1.48. The van der Waals surface area contributed by atoms with Gasteiger partial charge in [-0.05, 0) is 74.2 Å². The summed E-state index contributed by atoms with van der Waals surface area (Å²) in [5.74, 6) is 0. The van der Waals surface area contributed by atoms with Crippen molar-refractivity contribution in [2.24, 2.45) is 0 Å². The molecule has 0 saturated carbocycles. The van der Waals surface area contributed by atoms with E-state index in [9.17, 15) is 8.42 Å². The van der Waals surface area contributed by atoms with Gasteiger partial charge in [-0.25, -0.2) is 8.42 Å². The van der Waals surface area contributed by atoms with Crippen molar-refractivity contribution in [2.75, 3.05) is 7.05 Å². The van der Waals surface area contributed by atoms with E-state index >= 15 is 0 Å². The molecule has 0 radical (unpaired) electrons. The summed E-state index contributed by atoms with van der Waals surface area (Å²) in [5, 5.41) is 3.31. The fraction of sp³-hybridized carbons (Fsp3) is 0.333. The summed E-state index contributed by atoms with van der Waals surface area (Å²) in [6.45, 7) is 1.91. The van der Waals surface area contributed by atoms with E-state index in [1.54, 1.807) is 24.3 Å². The van der Waals surface area contributed by atoms with Crippen LogP contribution < -0.4 is 5.32 Å². The molecule has 0 fully saturated rings. The van der Waals surface area contributed by atoms with Gasteiger partial charge < -0.3 is 5.32 Å². The number of benzene rings is 2. The van der Waals surface area contributed by atoms with Crippen LogP contribution in [-0.2, 0) is 16.3 Å². The highest BCUT2D eigenvalue weighted by molar-refractivity contribution is 7.91. The molecule has 0 heterocycles. The highest BCUT2D eigenvalue weighted by Crippen LogP contribution is 2.32. The van der Waals surface area contributed by atoms with Crippen LogP contribution in [0.5, 0.6) is 0 Å². The van der Waals surface area contributed by atoms with Gasteiger partial charge in [-0.1, -0.05) is 18.2 Å². The summed E-state index contributed by atoms with van der Waals surface area (Å²) in [5.41, 5.74) is 3.34. The van der Waals surface area contributed by atoms with Crippen molar-refractivity contribution in [1.29, 1.82) is 0 Å². The first-order valence-electron chi connectivity index (χ1n) is 7.64. The molecule has 0 spiro atoms. The number of nitrogens with one attached hydrogen (secondary N) is 1. The molecule has 3 rings (SSSR count). The van der Waals surface area contributed by atoms with Crippen molar-refractivity contribution in [2.45, 2.75) is 42.0 Å². The molecule has 2 aromatic carbocycles. The van der Waals surface area contributed by atoms with Crippen LogP contribution in [0, 0.1) is 6.92 Å². The Kier molecular flexibility index (Phi) is 4.06. The molecule has 116 valence electrons. The summed E-state index contributed by atoms with van der Waals surface area (Å²) < 4.78 is 25.6. The Balaban J connectivity index is 2.06. The Morgan fingerprint density at radius 2 is 1.86 bits per heavy atom. The van der Waals surface area contributed by atoms with Crippen molar-refractivity contribution < 1.29 is 8.42 Å². The van der Waals surface area contributed by atoms with Crippen molar-refractivity contribution in [3.8, 4) is 0 Å². The van der Waals surface area contributed by atoms with E-state index in [1.165, 1.54) is 5.56 Å². The molecule has 0 bridgehead atoms. The van der Waals surface area contributed by atoms with Gasteiger partial charge >= 0.3 is 0 Å². The number of sulfone groups is 1. The molecule has 1 atom stereocenters. The smallest absolute Gasteiger partial charge is 0.206 e. The highest BCUT2D eigenvalue weighted by atomic mass is 32.2. The van der Waals surface area contributed by atoms with E-state index < -0.39 is 9.84 Å². The lowest BCUT2D eigenvalue weighted by molar-refractivity contribution is 0.495. The summed E-state index contributed by atoms with van der Waals surface area (Å²) in [6, 6.07) is 13.0. The Morgan fingerprint density at radius 3 is 2.59 bits per heavy atom. The zero-order valence-electron chi connectivity index (χ0n) is 13.0. The van der Waals surface area contributed by atoms with Crippen LogP contribution in [0.2, 0.25) is 0 Å². The molecule has 1 unspecified atom stereocenters. The van der Waals surface area contributed by atoms with E-state index in [2.05, 4.69) is 5.32 Å². The quantitative estimate of drug-likeness (QED) is 0.944. The molecule has 2 aromatic rings. The minimum Gasteiger partial charge on any atom is -0.313 e. The molecule has 1 aliphatic rings. The van der Waals surface area contributed by atoms with Gasteiger partial charge in [-0.15, -0.1) is 0 Å². The van der Waals surface area contributed by atoms with Crippen LogP contribution in [0.15, 0.2) is 52.3 Å². The monoisotopic (exact) mass is 315 g/mol. The normalized spacial score (nSPS) is 18.0. The first-order chi connectivity index (χ1) is 10.5. The van der Waals surface area contributed by atoms with Crippen molar-refractivity contribution >= 4 is 9.84 Å². The first-order valence-corrected chi connectivity index (χ1v) is 9.12. The van der Waals surface area contributed by atoms with Crippen LogP contribution in [0.25, 0.3) is 0 Å². The minimum atomic E-state index is -3.44. The van der Waals surface area contributed by atoms with Gasteiger partial charge in [0.05, 0.1) is 9.79 Å². The lowest BCUT2D eigenvalue weighted by Crippen LogP contribution is -2.21. The van der Waals surface area contributed by atoms with Crippen LogP contribution >= 0.6 is 0 Å². The molecular formula is C18H21NO2S. The zero-order chi connectivity index (χ0) is 15.7. The van der Waals surface area contributed by atoms with Crippen LogP contribution in [0.1, 0.15) is 35.6 Å². The van der Waals surface area contributed by atoms with Gasteiger partial charge in [0.2, 0.25) is 9.84 Å². The van der Waals surface area contributed by atoms with E-state index in [4.69, 9.17) is 0 Å². The second-order valence-corrected chi connectivity index (χ2v) is 7.86. The molecule has 1 N–H and O–H groups in total. The van der Waals surface area contributed by atoms with Gasteiger partial charge in [0.15, 0.2) is 0 Å². The van der Waals surface area contributed by atoms with Gasteiger partial charge in [0.25, 0.3) is 0 Å². The molecule has 4 heteroatoms. The third-order valence-electron chi connectivity index (χ3n) is 4.39. The average Bonchev–Trinajstić information content (AvgIpc) is 2.53. The number of fused-ring (bicyclic) bond motifs is 1. The molecule has 1 aliphatic carbocycles. The standard InChI is InChI=1S/C18H21NO2S/c1-13-5-3-7-15(11-13)22(20,21)16-9-10-17-14(12-16)6-4-8-18(17)19-2/h3,5,7,9-12,18-19H,4,6,8H2,1-2H3. The third-order valence-corrected chi connectivity index (χ3v) is 6.14. The maximum Gasteiger partial charge on any atom is 0.206 e. The Bertz CT molecular complexity index is 796. The maximum atomic E-state index is 12.8. The number of hydrogen-bond acceptors (Lipinski definition) is 3. The van der Waals surface area contributed by atoms with Crippen LogP contribution in [0.3, 0.4) is 0 Å². The molecule has 0 aliphatic heterocycles. The second-order valence-electron chi connectivity index (χ2n) is 5.91. The Hall–Kier alpha value is -1.65. The van der Waals surface area contributed by atoms with E-state index in [0.29, 0.717) is 15.8 Å². The third kappa shape index (κ3) is 2.69. The number of rotatable bonds is 3. The van der Waals surface area contributed by atoms with Crippen molar-refractivity contribution in [1.82, 2.24) is 5.32 Å². The lowest BCUT2D eigenvalue weighted by Gasteiger charge is -2.25. The molecule has 0 saturated heterocycles. The second kappa shape index (κ2) is 5.86. The topological polar surface area (TPSA) is 46.2 Å². The fourth-order valence-corrected chi connectivity index (χ4v) is 4.59. The first kappa shape index (κ1) is 15.3. The predicted octanol–water partition coefficient (Wildman–Crippen LogP) is 3.42. The van der Waals surface area contributed by atoms with Gasteiger partial charge in [-0.2, -0.15) is 0 Å². The van der Waals surface area contributed by atoms with E-state index in [1.807, 2.05) is 32.2 Å². The molecular weight excluding hydrogens is 294 g/mol. The number of aryl methyl sites for hydroxylation is 2. The van der Waals surface area contributed by atoms with E-state index in [0.717, 1.165) is 30.4 Å². The molecule has 0 aromatic heterocycles. The van der Waals surface area contributed by atoms with Crippen molar-refractivity contribution in [3.05, 3.63) is 59.2 Å². The SMILES string of the molecule is CNC1CCCc2cc(S(=O)(=O)c3cccc(C)c3)ccc21. The predicted molar refractivity (Wildman–Crippen MR) is 87.8 cm³/mol. The van der Waals surface area contributed by atoms with Gasteiger partial charge in [0.1, 0.15) is 0 Å². The van der Waals surface area contributed by atoms with E-state index in [-0.39, 0.29) is 0 Å². The minimum absolute atomic E-state index is 0.333. The van der Waals surface area contributed by atoms with Gasteiger partial charge in [-0.3, -0.25) is 0 Å². The average molecular weight is 315 g/mol. The van der Waals surface area contributed by atoms with Crippen LogP contribution in [0.4, 0.5) is 0 Å². The highest BCUT2D eigenvalue weighted by Gasteiger charge is 2.23. The summed E-state index contributed by atoms with van der Waals surface area (Å²) >= 11 is 0. The molecule has 0 amide bonds. The maximum absolute atomic E-state index is 12.8.